The van der Waals surface area contributed by atoms with E-state index in [0.29, 0.717) is 5.92 Å². The fourth-order valence-electron chi connectivity index (χ4n) is 1.69. The van der Waals surface area contributed by atoms with E-state index < -0.39 is 0 Å². The van der Waals surface area contributed by atoms with Crippen LogP contribution >= 0.6 is 15.9 Å². The van der Waals surface area contributed by atoms with Crippen LogP contribution in [-0.4, -0.2) is 9.97 Å². The number of hydrogen-bond donors (Lipinski definition) is 0. The number of hydrogen-bond acceptors (Lipinski definition) is 2. The second-order valence-corrected chi connectivity index (χ2v) is 5.36. The molecule has 0 N–H and O–H groups in total. The minimum Gasteiger partial charge on any atom is -0.233 e. The molecule has 0 saturated carbocycles. The molecule has 0 spiro atoms. The molecule has 2 rings (SSSR count). The molecule has 0 saturated heterocycles. The highest BCUT2D eigenvalue weighted by molar-refractivity contribution is 9.10. The summed E-state index contributed by atoms with van der Waals surface area (Å²) in [5, 5.41) is 1.09. The highest BCUT2D eigenvalue weighted by Gasteiger charge is 2.04. The van der Waals surface area contributed by atoms with E-state index in [1.807, 2.05) is 6.92 Å². The third kappa shape index (κ3) is 2.40. The average molecular weight is 279 g/mol. The van der Waals surface area contributed by atoms with Gasteiger partial charge in [0, 0.05) is 15.6 Å². The van der Waals surface area contributed by atoms with Crippen LogP contribution in [0, 0.1) is 12.8 Å². The molecule has 0 radical (unpaired) electrons. The summed E-state index contributed by atoms with van der Waals surface area (Å²) in [7, 11) is 0. The lowest BCUT2D eigenvalue weighted by Gasteiger charge is -2.06. The molecular weight excluding hydrogens is 264 g/mol. The van der Waals surface area contributed by atoms with Crippen molar-refractivity contribution in [3.8, 4) is 0 Å². The Morgan fingerprint density at radius 1 is 1.25 bits per heavy atom. The first-order valence-electron chi connectivity index (χ1n) is 5.49. The first kappa shape index (κ1) is 11.5. The van der Waals surface area contributed by atoms with E-state index in [2.05, 4.69) is 57.9 Å². The Hall–Kier alpha value is -0.960. The molecule has 0 aliphatic heterocycles. The molecule has 2 aromatic rings. The number of aryl methyl sites for hydroxylation is 1. The molecule has 0 unspecified atom stereocenters. The maximum atomic E-state index is 4.59. The second kappa shape index (κ2) is 4.50. The van der Waals surface area contributed by atoms with Crippen molar-refractivity contribution in [3.05, 3.63) is 34.1 Å². The maximum absolute atomic E-state index is 4.59. The fraction of sp³-hybridized carbons (Fsp3) is 0.385. The van der Waals surface area contributed by atoms with Crippen LogP contribution in [-0.2, 0) is 6.42 Å². The second-order valence-electron chi connectivity index (χ2n) is 4.50. The highest BCUT2D eigenvalue weighted by Crippen LogP contribution is 2.20. The number of pyridine rings is 2. The number of nitrogens with zero attached hydrogens (tertiary/aromatic N) is 2. The van der Waals surface area contributed by atoms with Crippen molar-refractivity contribution in [2.45, 2.75) is 27.2 Å². The zero-order valence-electron chi connectivity index (χ0n) is 9.79. The van der Waals surface area contributed by atoms with Crippen molar-refractivity contribution in [1.82, 2.24) is 9.97 Å². The molecule has 2 nitrogen and oxygen atoms in total. The van der Waals surface area contributed by atoms with Crippen LogP contribution in [0.2, 0.25) is 0 Å². The van der Waals surface area contributed by atoms with Crippen molar-refractivity contribution < 1.29 is 0 Å². The lowest BCUT2D eigenvalue weighted by atomic mass is 10.1. The average Bonchev–Trinajstić information content (AvgIpc) is 2.19. The molecule has 0 aliphatic carbocycles. The normalized spacial score (nSPS) is 11.3. The Labute approximate surface area is 104 Å². The van der Waals surface area contributed by atoms with Crippen molar-refractivity contribution in [2.75, 3.05) is 0 Å². The Balaban J connectivity index is 2.49. The monoisotopic (exact) mass is 278 g/mol. The predicted molar refractivity (Wildman–Crippen MR) is 70.5 cm³/mol. The van der Waals surface area contributed by atoms with Gasteiger partial charge in [-0.05, 0) is 53.4 Å². The van der Waals surface area contributed by atoms with Gasteiger partial charge in [-0.2, -0.15) is 0 Å². The van der Waals surface area contributed by atoms with E-state index in [1.165, 1.54) is 0 Å². The van der Waals surface area contributed by atoms with Gasteiger partial charge >= 0.3 is 0 Å². The topological polar surface area (TPSA) is 25.8 Å². The van der Waals surface area contributed by atoms with Crippen LogP contribution in [0.4, 0.5) is 0 Å². The maximum Gasteiger partial charge on any atom is 0.159 e. The van der Waals surface area contributed by atoms with Crippen LogP contribution in [0.5, 0.6) is 0 Å². The van der Waals surface area contributed by atoms with Gasteiger partial charge in [-0.15, -0.1) is 0 Å². The molecule has 3 heteroatoms. The lowest BCUT2D eigenvalue weighted by molar-refractivity contribution is 0.636. The number of halogens is 1. The SMILES string of the molecule is Cc1nc2nc(CC(C)C)ccc2cc1Br. The molecule has 0 amide bonds. The van der Waals surface area contributed by atoms with E-state index in [1.54, 1.807) is 0 Å². The van der Waals surface area contributed by atoms with Crippen LogP contribution in [0.3, 0.4) is 0 Å². The zero-order valence-corrected chi connectivity index (χ0v) is 11.4. The largest absolute Gasteiger partial charge is 0.233 e. The van der Waals surface area contributed by atoms with E-state index in [0.717, 1.165) is 33.3 Å². The van der Waals surface area contributed by atoms with Crippen molar-refractivity contribution >= 4 is 27.0 Å². The number of aromatic nitrogens is 2. The first-order chi connectivity index (χ1) is 7.56. The summed E-state index contributed by atoms with van der Waals surface area (Å²) in [6.07, 6.45) is 1.01. The Bertz CT molecular complexity index is 521. The Morgan fingerprint density at radius 3 is 2.69 bits per heavy atom. The molecular formula is C13H15BrN2. The summed E-state index contributed by atoms with van der Waals surface area (Å²) in [4.78, 5) is 9.07. The minimum absolute atomic E-state index is 0.626. The van der Waals surface area contributed by atoms with Crippen LogP contribution in [0.15, 0.2) is 22.7 Å². The quantitative estimate of drug-likeness (QED) is 0.833. The summed E-state index contributed by atoms with van der Waals surface area (Å²) < 4.78 is 1.04. The van der Waals surface area contributed by atoms with Gasteiger partial charge in [0.1, 0.15) is 0 Å². The van der Waals surface area contributed by atoms with E-state index >= 15 is 0 Å². The van der Waals surface area contributed by atoms with Crippen molar-refractivity contribution in [1.29, 1.82) is 0 Å². The Kier molecular flexibility index (Phi) is 3.24. The predicted octanol–water partition coefficient (Wildman–Crippen LogP) is 3.90. The van der Waals surface area contributed by atoms with Gasteiger partial charge in [-0.25, -0.2) is 9.97 Å². The molecule has 0 aliphatic rings. The van der Waals surface area contributed by atoms with Gasteiger partial charge in [-0.1, -0.05) is 13.8 Å². The van der Waals surface area contributed by atoms with Crippen LogP contribution in [0.1, 0.15) is 25.2 Å². The summed E-state index contributed by atoms with van der Waals surface area (Å²) in [5.74, 6) is 0.626. The first-order valence-corrected chi connectivity index (χ1v) is 6.28. The fourth-order valence-corrected chi connectivity index (χ4v) is 2.02. The molecule has 2 aromatic heterocycles. The third-order valence-electron chi connectivity index (χ3n) is 2.48. The molecule has 0 aromatic carbocycles. The number of rotatable bonds is 2. The van der Waals surface area contributed by atoms with Gasteiger partial charge in [0.2, 0.25) is 0 Å². The van der Waals surface area contributed by atoms with Crippen LogP contribution < -0.4 is 0 Å². The van der Waals surface area contributed by atoms with Crippen molar-refractivity contribution in [2.24, 2.45) is 5.92 Å². The molecule has 0 fully saturated rings. The summed E-state index contributed by atoms with van der Waals surface area (Å²) in [6, 6.07) is 6.26. The van der Waals surface area contributed by atoms with E-state index in [4.69, 9.17) is 0 Å². The smallest absolute Gasteiger partial charge is 0.159 e. The summed E-state index contributed by atoms with van der Waals surface area (Å²) >= 11 is 3.48. The summed E-state index contributed by atoms with van der Waals surface area (Å²) in [5.41, 5.74) is 2.96. The molecule has 0 atom stereocenters. The standard InChI is InChI=1S/C13H15BrN2/c1-8(2)6-11-5-4-10-7-12(14)9(3)15-13(10)16-11/h4-5,7-8H,6H2,1-3H3. The molecule has 2 heterocycles. The molecule has 16 heavy (non-hydrogen) atoms. The van der Waals surface area contributed by atoms with Gasteiger partial charge < -0.3 is 0 Å². The number of fused-ring (bicyclic) bond motifs is 1. The highest BCUT2D eigenvalue weighted by atomic mass is 79.9. The van der Waals surface area contributed by atoms with E-state index in [-0.39, 0.29) is 0 Å². The Morgan fingerprint density at radius 2 is 2.00 bits per heavy atom. The van der Waals surface area contributed by atoms with Gasteiger partial charge in [0.15, 0.2) is 5.65 Å². The van der Waals surface area contributed by atoms with Gasteiger partial charge in [0.05, 0.1) is 5.69 Å². The minimum atomic E-state index is 0.626. The van der Waals surface area contributed by atoms with Gasteiger partial charge in [-0.3, -0.25) is 0 Å². The molecule has 84 valence electrons. The van der Waals surface area contributed by atoms with Crippen molar-refractivity contribution in [3.63, 3.8) is 0 Å². The van der Waals surface area contributed by atoms with Crippen LogP contribution in [0.25, 0.3) is 11.0 Å². The molecule has 0 bridgehead atoms. The lowest BCUT2D eigenvalue weighted by Crippen LogP contribution is -1.98. The zero-order chi connectivity index (χ0) is 11.7. The van der Waals surface area contributed by atoms with Gasteiger partial charge in [0.25, 0.3) is 0 Å². The summed E-state index contributed by atoms with van der Waals surface area (Å²) in [6.45, 7) is 6.39. The third-order valence-corrected chi connectivity index (χ3v) is 3.28. The van der Waals surface area contributed by atoms with E-state index in [9.17, 15) is 0 Å².